The second kappa shape index (κ2) is 7.19. The maximum Gasteiger partial charge on any atom is 0.174 e. The fourth-order valence-corrected chi connectivity index (χ4v) is 2.89. The summed E-state index contributed by atoms with van der Waals surface area (Å²) in [5.74, 6) is 0.781. The van der Waals surface area contributed by atoms with Gasteiger partial charge in [0.1, 0.15) is 5.51 Å². The van der Waals surface area contributed by atoms with Crippen LogP contribution in [0.3, 0.4) is 0 Å². The molecule has 1 heterocycles. The molecule has 0 saturated heterocycles. The van der Waals surface area contributed by atoms with Crippen LogP contribution < -0.4 is 5.32 Å². The lowest BCUT2D eigenvalue weighted by Crippen LogP contribution is -2.24. The highest BCUT2D eigenvalue weighted by Crippen LogP contribution is 2.23. The van der Waals surface area contributed by atoms with Gasteiger partial charge in [-0.05, 0) is 18.9 Å². The van der Waals surface area contributed by atoms with Crippen molar-refractivity contribution < 1.29 is 0 Å². The van der Waals surface area contributed by atoms with Gasteiger partial charge in [0.25, 0.3) is 0 Å². The standard InChI is InChI=1S/C10H19N3S2/c1-8(2)4-5-11-6-9(3)15-10-13-12-7-14-10/h7-9,11H,4-6H2,1-3H3. The van der Waals surface area contributed by atoms with Crippen LogP contribution in [0.15, 0.2) is 9.85 Å². The molecule has 1 atom stereocenters. The van der Waals surface area contributed by atoms with E-state index >= 15 is 0 Å². The Morgan fingerprint density at radius 2 is 2.27 bits per heavy atom. The van der Waals surface area contributed by atoms with E-state index in [1.165, 1.54) is 6.42 Å². The predicted molar refractivity (Wildman–Crippen MR) is 67.6 cm³/mol. The SMILES string of the molecule is CC(C)CCNCC(C)Sc1nncs1. The second-order valence-corrected chi connectivity index (χ2v) is 6.54. The maximum absolute atomic E-state index is 4.02. The van der Waals surface area contributed by atoms with Crippen molar-refractivity contribution in [3.63, 3.8) is 0 Å². The van der Waals surface area contributed by atoms with E-state index in [0.29, 0.717) is 5.25 Å². The maximum atomic E-state index is 4.02. The summed E-state index contributed by atoms with van der Waals surface area (Å²) >= 11 is 3.40. The molecule has 1 aromatic heterocycles. The molecule has 0 aromatic carbocycles. The molecule has 0 spiro atoms. The second-order valence-electron chi connectivity index (χ2n) is 4.02. The topological polar surface area (TPSA) is 37.8 Å². The minimum absolute atomic E-state index is 0.560. The van der Waals surface area contributed by atoms with Crippen LogP contribution >= 0.6 is 23.1 Å². The van der Waals surface area contributed by atoms with Crippen LogP contribution in [0.25, 0.3) is 0 Å². The lowest BCUT2D eigenvalue weighted by atomic mass is 10.1. The Kier molecular flexibility index (Phi) is 6.20. The molecule has 0 radical (unpaired) electrons. The first-order valence-corrected chi connectivity index (χ1v) is 7.08. The number of thioether (sulfide) groups is 1. The lowest BCUT2D eigenvalue weighted by molar-refractivity contribution is 0.539. The van der Waals surface area contributed by atoms with Crippen molar-refractivity contribution in [2.75, 3.05) is 13.1 Å². The van der Waals surface area contributed by atoms with E-state index in [2.05, 4.69) is 36.3 Å². The molecule has 0 fully saturated rings. The van der Waals surface area contributed by atoms with E-state index in [-0.39, 0.29) is 0 Å². The highest BCUT2D eigenvalue weighted by atomic mass is 32.2. The van der Waals surface area contributed by atoms with Crippen molar-refractivity contribution in [1.82, 2.24) is 15.5 Å². The summed E-state index contributed by atoms with van der Waals surface area (Å²) in [5.41, 5.74) is 1.78. The van der Waals surface area contributed by atoms with E-state index < -0.39 is 0 Å². The summed E-state index contributed by atoms with van der Waals surface area (Å²) in [4.78, 5) is 0. The van der Waals surface area contributed by atoms with Crippen molar-refractivity contribution >= 4 is 23.1 Å². The molecule has 0 saturated carbocycles. The highest BCUT2D eigenvalue weighted by molar-refractivity contribution is 8.01. The molecule has 3 nitrogen and oxygen atoms in total. The molecule has 0 amide bonds. The Morgan fingerprint density at radius 3 is 2.87 bits per heavy atom. The molecule has 1 aromatic rings. The van der Waals surface area contributed by atoms with E-state index in [0.717, 1.165) is 23.3 Å². The van der Waals surface area contributed by atoms with Gasteiger partial charge in [-0.25, -0.2) is 0 Å². The molecule has 1 unspecified atom stereocenters. The Balaban J connectivity index is 2.06. The molecule has 0 bridgehead atoms. The van der Waals surface area contributed by atoms with Gasteiger partial charge < -0.3 is 5.32 Å². The van der Waals surface area contributed by atoms with Gasteiger partial charge in [0, 0.05) is 11.8 Å². The Hall–Kier alpha value is -0.130. The van der Waals surface area contributed by atoms with Gasteiger partial charge in [0.15, 0.2) is 4.34 Å². The summed E-state index contributed by atoms with van der Waals surface area (Å²) in [6.45, 7) is 8.87. The predicted octanol–water partition coefficient (Wildman–Crippen LogP) is 2.65. The Labute approximate surface area is 100 Å². The molecule has 1 rings (SSSR count). The van der Waals surface area contributed by atoms with Gasteiger partial charge in [-0.1, -0.05) is 43.9 Å². The van der Waals surface area contributed by atoms with Crippen molar-refractivity contribution in [3.8, 4) is 0 Å². The normalized spacial score (nSPS) is 13.3. The van der Waals surface area contributed by atoms with Gasteiger partial charge in [0.05, 0.1) is 0 Å². The van der Waals surface area contributed by atoms with Crippen molar-refractivity contribution in [2.45, 2.75) is 36.8 Å². The van der Waals surface area contributed by atoms with Gasteiger partial charge in [-0.3, -0.25) is 0 Å². The van der Waals surface area contributed by atoms with Gasteiger partial charge in [0.2, 0.25) is 0 Å². The van der Waals surface area contributed by atoms with Crippen LogP contribution in [-0.2, 0) is 0 Å². The fraction of sp³-hybridized carbons (Fsp3) is 0.800. The van der Waals surface area contributed by atoms with Crippen LogP contribution in [0.1, 0.15) is 27.2 Å². The quantitative estimate of drug-likeness (QED) is 0.592. The molecule has 5 heteroatoms. The van der Waals surface area contributed by atoms with E-state index in [9.17, 15) is 0 Å². The Morgan fingerprint density at radius 1 is 1.47 bits per heavy atom. The van der Waals surface area contributed by atoms with Gasteiger partial charge in [-0.2, -0.15) is 0 Å². The highest BCUT2D eigenvalue weighted by Gasteiger charge is 2.06. The molecular formula is C10H19N3S2. The average Bonchev–Trinajstić information content (AvgIpc) is 2.64. The zero-order valence-corrected chi connectivity index (χ0v) is 11.2. The molecule has 0 aliphatic heterocycles. The number of rotatable bonds is 7. The summed E-state index contributed by atoms with van der Waals surface area (Å²) < 4.78 is 1.06. The van der Waals surface area contributed by atoms with Crippen LogP contribution in [0.5, 0.6) is 0 Å². The molecule has 15 heavy (non-hydrogen) atoms. The Bertz CT molecular complexity index is 249. The third kappa shape index (κ3) is 6.12. The minimum atomic E-state index is 0.560. The monoisotopic (exact) mass is 245 g/mol. The first-order valence-electron chi connectivity index (χ1n) is 5.32. The summed E-state index contributed by atoms with van der Waals surface area (Å²) in [5, 5.41) is 11.9. The third-order valence-electron chi connectivity index (χ3n) is 1.97. The van der Waals surface area contributed by atoms with E-state index in [4.69, 9.17) is 0 Å². The number of nitrogens with one attached hydrogen (secondary N) is 1. The van der Waals surface area contributed by atoms with Crippen LogP contribution in [0.2, 0.25) is 0 Å². The zero-order valence-electron chi connectivity index (χ0n) is 9.56. The molecule has 1 N–H and O–H groups in total. The van der Waals surface area contributed by atoms with E-state index in [1.54, 1.807) is 28.6 Å². The summed E-state index contributed by atoms with van der Waals surface area (Å²) in [6.07, 6.45) is 1.25. The average molecular weight is 245 g/mol. The van der Waals surface area contributed by atoms with Crippen LogP contribution in [0, 0.1) is 5.92 Å². The smallest absolute Gasteiger partial charge is 0.174 e. The number of hydrogen-bond acceptors (Lipinski definition) is 5. The van der Waals surface area contributed by atoms with E-state index in [1.807, 2.05) is 0 Å². The summed E-state index contributed by atoms with van der Waals surface area (Å²) in [6, 6.07) is 0. The molecule has 0 aliphatic carbocycles. The van der Waals surface area contributed by atoms with Crippen molar-refractivity contribution in [3.05, 3.63) is 5.51 Å². The van der Waals surface area contributed by atoms with Gasteiger partial charge in [-0.15, -0.1) is 10.2 Å². The number of aromatic nitrogens is 2. The zero-order chi connectivity index (χ0) is 11.1. The minimum Gasteiger partial charge on any atom is -0.316 e. The lowest BCUT2D eigenvalue weighted by Gasteiger charge is -2.11. The summed E-state index contributed by atoms with van der Waals surface area (Å²) in [7, 11) is 0. The number of hydrogen-bond donors (Lipinski definition) is 1. The molecule has 0 aliphatic rings. The molecular weight excluding hydrogens is 226 g/mol. The first-order chi connectivity index (χ1) is 7.18. The molecule has 86 valence electrons. The largest absolute Gasteiger partial charge is 0.316 e. The fourth-order valence-electron chi connectivity index (χ4n) is 1.12. The third-order valence-corrected chi connectivity index (χ3v) is 3.88. The van der Waals surface area contributed by atoms with Crippen LogP contribution in [0.4, 0.5) is 0 Å². The van der Waals surface area contributed by atoms with Gasteiger partial charge >= 0.3 is 0 Å². The van der Waals surface area contributed by atoms with Crippen LogP contribution in [-0.4, -0.2) is 28.5 Å². The number of nitrogens with zero attached hydrogens (tertiary/aromatic N) is 2. The first kappa shape index (κ1) is 12.9. The van der Waals surface area contributed by atoms with Crippen molar-refractivity contribution in [2.24, 2.45) is 5.92 Å². The van der Waals surface area contributed by atoms with Crippen molar-refractivity contribution in [1.29, 1.82) is 0 Å².